The van der Waals surface area contributed by atoms with Crippen molar-refractivity contribution < 1.29 is 142 Å². The molecule has 40 nitrogen and oxygen atoms in total. The molecule has 6 saturated heterocycles. The maximum atomic E-state index is 14.8. The zero-order valence-electron chi connectivity index (χ0n) is 54.1. The number of carbonyl (C=O) groups excluding carboxylic acids is 11. The van der Waals surface area contributed by atoms with Gasteiger partial charge >= 0.3 is 5.97 Å². The zero-order valence-corrected chi connectivity index (χ0v) is 54.1. The summed E-state index contributed by atoms with van der Waals surface area (Å²) in [6, 6.07) is -13.3. The minimum absolute atomic E-state index is 0.0124. The van der Waals surface area contributed by atoms with Crippen molar-refractivity contribution in [1.82, 2.24) is 51.9 Å². The normalized spacial score (nSPS) is 32.6. The molecule has 0 saturated carbocycles. The van der Waals surface area contributed by atoms with Gasteiger partial charge in [0, 0.05) is 46.8 Å². The Morgan fingerprint density at radius 3 is 1.75 bits per heavy atom. The van der Waals surface area contributed by atoms with E-state index in [4.69, 9.17) is 34.2 Å². The number of aliphatic hydroxyl groups excluding tert-OH is 10. The number of ether oxygens (including phenoxy) is 6. The summed E-state index contributed by atoms with van der Waals surface area (Å²) in [5, 5.41) is 136. The van der Waals surface area contributed by atoms with Gasteiger partial charge in [0.2, 0.25) is 65.0 Å². The van der Waals surface area contributed by atoms with Crippen molar-refractivity contribution in [2.45, 2.75) is 232 Å². The van der Waals surface area contributed by atoms with E-state index in [2.05, 4.69) is 37.2 Å². The number of carboxylic acid groups (broad SMARTS) is 1. The van der Waals surface area contributed by atoms with Crippen LogP contribution in [0.25, 0.3) is 0 Å². The molecule has 24 atom stereocenters. The summed E-state index contributed by atoms with van der Waals surface area (Å²) < 4.78 is 35.4. The van der Waals surface area contributed by atoms with Gasteiger partial charge in [-0.2, -0.15) is 0 Å². The van der Waals surface area contributed by atoms with E-state index in [-0.39, 0.29) is 38.9 Å². The van der Waals surface area contributed by atoms with Gasteiger partial charge in [0.25, 0.3) is 5.79 Å². The molecule has 40 heteroatoms. The smallest absolute Gasteiger partial charge is 0.364 e. The summed E-state index contributed by atoms with van der Waals surface area (Å²) in [4.78, 5) is 163. The number of primary amides is 1. The third-order valence-electron chi connectivity index (χ3n) is 17.6. The predicted molar refractivity (Wildman–Crippen MR) is 318 cm³/mol. The van der Waals surface area contributed by atoms with Crippen molar-refractivity contribution >= 4 is 70.9 Å². The maximum absolute atomic E-state index is 14.8. The summed E-state index contributed by atoms with van der Waals surface area (Å²) in [6.45, 7) is 1.90. The number of rotatable bonds is 29. The van der Waals surface area contributed by atoms with E-state index in [9.17, 15) is 114 Å². The Kier molecular flexibility index (Phi) is 28.2. The summed E-state index contributed by atoms with van der Waals surface area (Å²) in [6.07, 6.45) is -29.2. The molecule has 11 amide bonds. The summed E-state index contributed by atoms with van der Waals surface area (Å²) in [5.74, 6) is -14.8. The van der Waals surface area contributed by atoms with Crippen molar-refractivity contribution in [3.8, 4) is 0 Å². The van der Waals surface area contributed by atoms with E-state index in [1.54, 1.807) is 0 Å². The fourth-order valence-electron chi connectivity index (χ4n) is 12.5. The van der Waals surface area contributed by atoms with E-state index in [1.165, 1.54) is 35.5 Å². The highest BCUT2D eigenvalue weighted by atomic mass is 16.8. The van der Waals surface area contributed by atoms with Crippen LogP contribution in [0.3, 0.4) is 0 Å². The molecule has 548 valence electrons. The van der Waals surface area contributed by atoms with Gasteiger partial charge in [0.15, 0.2) is 12.6 Å². The number of likely N-dealkylation sites (tertiary alicyclic amines) is 3. The highest BCUT2D eigenvalue weighted by Gasteiger charge is 2.61. The number of aliphatic hydroxyl groups is 10. The van der Waals surface area contributed by atoms with Crippen molar-refractivity contribution in [1.29, 1.82) is 0 Å². The third-order valence-corrected chi connectivity index (χ3v) is 17.6. The van der Waals surface area contributed by atoms with Crippen LogP contribution in [0.15, 0.2) is 0 Å². The van der Waals surface area contributed by atoms with Crippen LogP contribution in [-0.4, -0.2) is 340 Å². The van der Waals surface area contributed by atoms with E-state index in [0.29, 0.717) is 19.3 Å². The second-order valence-corrected chi connectivity index (χ2v) is 24.7. The van der Waals surface area contributed by atoms with Crippen LogP contribution in [0.4, 0.5) is 0 Å². The Bertz CT molecular complexity index is 2850. The second kappa shape index (κ2) is 34.7. The number of amides is 11. The van der Waals surface area contributed by atoms with Crippen LogP contribution in [0.5, 0.6) is 0 Å². The standard InChI is InChI=1S/C57H91N11O29/c1-22(47(58)83)60-50(86)30-11-8-14-67(30)53(89)31-12-9-15-68(31)52(88)23(2)61-51(87)37(65-48(84)28(18-69)64-36(78)17-59-49(85)29-10-7-13-66(29)27(6)75)24(3)92-54-39(63-26(5)74)44(41(80)34(20-71)93-54)95-55-43(82)46(42(81)35(21-72)94-55)97-57(56(90)91)16-32(76)38(62-25(4)73)45(96-57)40(79)33(77)19-70/h22-24,28-35,37-46,54-55,69-72,76-77,79-82H,7-21H2,1-6H3,(H2,58,83)(H,59,85)(H,60,86)(H,61,87)(H,62,73)(H,63,74)(H,64,78)(H,65,84)(H,90,91)/t22?,23?,24?,28?,29?,30?,31?,32-,33-,34?,35?,37?,38-,39?,40-,41+,42+,43?,44-,45?,46+,54+,55+,57-/m1/s1. The van der Waals surface area contributed by atoms with E-state index < -0.39 is 256 Å². The van der Waals surface area contributed by atoms with Crippen molar-refractivity contribution in [2.24, 2.45) is 5.73 Å². The molecule has 0 aromatic heterocycles. The van der Waals surface area contributed by atoms with Gasteiger partial charge in [-0.3, -0.25) is 52.7 Å². The molecule has 6 aliphatic rings. The fourth-order valence-corrected chi connectivity index (χ4v) is 12.5. The van der Waals surface area contributed by atoms with E-state index in [1.807, 2.05) is 0 Å². The number of hydrogen-bond donors (Lipinski definition) is 19. The van der Waals surface area contributed by atoms with Crippen molar-refractivity contribution in [3.05, 3.63) is 0 Å². The van der Waals surface area contributed by atoms with Crippen LogP contribution in [0.2, 0.25) is 0 Å². The number of nitrogens with zero attached hydrogens (tertiary/aromatic N) is 3. The lowest BCUT2D eigenvalue weighted by Crippen LogP contribution is -2.71. The average molecular weight is 1390 g/mol. The van der Waals surface area contributed by atoms with Crippen LogP contribution in [-0.2, 0) is 86.0 Å². The Morgan fingerprint density at radius 1 is 0.639 bits per heavy atom. The van der Waals surface area contributed by atoms with Gasteiger partial charge in [0.05, 0.1) is 51.2 Å². The molecule has 0 aliphatic carbocycles. The monoisotopic (exact) mass is 1390 g/mol. The van der Waals surface area contributed by atoms with Gasteiger partial charge in [-0.1, -0.05) is 0 Å². The molecule has 13 unspecified atom stereocenters. The molecule has 97 heavy (non-hydrogen) atoms. The number of aliphatic carboxylic acids is 1. The molecular weight excluding hydrogens is 1300 g/mol. The molecule has 6 heterocycles. The quantitative estimate of drug-likeness (QED) is 0.0331. The number of carboxylic acids is 1. The largest absolute Gasteiger partial charge is 0.477 e. The SMILES string of the molecule is CC(=O)NC1[C@@H](OC(C)C(NC(=O)C(CO)NC(=O)CNC(=O)C2CCCN2C(C)=O)C(=O)NC(C)C(=O)N2CCCC2C(=O)N2CCCC2C(=O)NC(C)C(N)=O)OC(CO)[C@H](O)[C@@H]1O[C@@H]1OC(CO)[C@H](O)[C@H](O[C@@]2(C(=O)O)C[C@@H](O)[C@@H](NC(C)=O)C([C@H](O)[C@H](O)CO)O2)C1O. The van der Waals surface area contributed by atoms with Crippen molar-refractivity contribution in [2.75, 3.05) is 52.6 Å². The topological polar surface area (TPSA) is 603 Å². The van der Waals surface area contributed by atoms with Gasteiger partial charge in [-0.15, -0.1) is 0 Å². The molecule has 0 aromatic carbocycles. The fraction of sp³-hybridized carbons (Fsp3) is 0.789. The molecule has 20 N–H and O–H groups in total. The summed E-state index contributed by atoms with van der Waals surface area (Å²) in [5.41, 5.74) is 5.33. The van der Waals surface area contributed by atoms with Gasteiger partial charge in [0.1, 0.15) is 109 Å². The average Bonchev–Trinajstić information content (AvgIpc) is 1.49. The molecule has 0 aromatic rings. The summed E-state index contributed by atoms with van der Waals surface area (Å²) in [7, 11) is 0. The molecule has 0 radical (unpaired) electrons. The lowest BCUT2D eigenvalue weighted by Gasteiger charge is -2.51. The lowest BCUT2D eigenvalue weighted by atomic mass is 9.88. The Morgan fingerprint density at radius 2 is 1.20 bits per heavy atom. The van der Waals surface area contributed by atoms with E-state index >= 15 is 0 Å². The van der Waals surface area contributed by atoms with Crippen LogP contribution >= 0.6 is 0 Å². The minimum atomic E-state index is -3.25. The zero-order chi connectivity index (χ0) is 72.2. The third kappa shape index (κ3) is 18.9. The first kappa shape index (κ1) is 79.0. The van der Waals surface area contributed by atoms with Gasteiger partial charge in [-0.25, -0.2) is 4.79 Å². The van der Waals surface area contributed by atoms with Crippen LogP contribution in [0.1, 0.15) is 86.5 Å². The number of carbonyl (C=O) groups is 12. The first-order valence-corrected chi connectivity index (χ1v) is 31.6. The lowest BCUT2D eigenvalue weighted by molar-refractivity contribution is -0.382. The molecule has 6 rings (SSSR count). The van der Waals surface area contributed by atoms with Crippen LogP contribution in [0, 0.1) is 0 Å². The Balaban J connectivity index is 1.29. The van der Waals surface area contributed by atoms with Gasteiger partial charge < -0.3 is 142 Å². The van der Waals surface area contributed by atoms with Crippen molar-refractivity contribution in [3.63, 3.8) is 0 Å². The molecular formula is C57H91N11O29. The molecule has 0 bridgehead atoms. The number of nitrogens with two attached hydrogens (primary N) is 1. The second-order valence-electron chi connectivity index (χ2n) is 24.7. The molecule has 6 aliphatic heterocycles. The predicted octanol–water partition coefficient (Wildman–Crippen LogP) is -12.1. The highest BCUT2D eigenvalue weighted by molar-refractivity contribution is 5.98. The maximum Gasteiger partial charge on any atom is 0.364 e. The minimum Gasteiger partial charge on any atom is -0.477 e. The van der Waals surface area contributed by atoms with E-state index in [0.717, 1.165) is 20.8 Å². The Labute approximate surface area is 554 Å². The van der Waals surface area contributed by atoms with Crippen LogP contribution < -0.4 is 43.0 Å². The summed E-state index contributed by atoms with van der Waals surface area (Å²) >= 11 is 0. The Hall–Kier alpha value is -7.00. The first-order chi connectivity index (χ1) is 45.6. The molecule has 0 spiro atoms. The number of hydrogen-bond acceptors (Lipinski definition) is 28. The number of nitrogens with one attached hydrogen (secondary N) is 7. The first-order valence-electron chi connectivity index (χ1n) is 31.6. The highest BCUT2D eigenvalue weighted by Crippen LogP contribution is 2.39. The molecule has 6 fully saturated rings. The van der Waals surface area contributed by atoms with Gasteiger partial charge in [-0.05, 0) is 59.3 Å².